The van der Waals surface area contributed by atoms with E-state index in [1.165, 1.54) is 16.0 Å². The molecule has 0 radical (unpaired) electrons. The van der Waals surface area contributed by atoms with Crippen LogP contribution in [0.4, 0.5) is 5.69 Å². The molecule has 0 aliphatic heterocycles. The summed E-state index contributed by atoms with van der Waals surface area (Å²) < 4.78 is 0. The fourth-order valence-electron chi connectivity index (χ4n) is 2.67. The zero-order chi connectivity index (χ0) is 13.2. The van der Waals surface area contributed by atoms with Crippen LogP contribution in [0, 0.1) is 0 Å². The highest BCUT2D eigenvalue weighted by Gasteiger charge is 2.22. The zero-order valence-corrected chi connectivity index (χ0v) is 11.7. The van der Waals surface area contributed by atoms with Crippen molar-refractivity contribution in [2.45, 2.75) is 23.8 Å². The van der Waals surface area contributed by atoms with Crippen molar-refractivity contribution in [3.8, 4) is 5.75 Å². The number of aromatic hydroxyl groups is 1. The predicted octanol–water partition coefficient (Wildman–Crippen LogP) is 4.21. The molecule has 0 aromatic heterocycles. The van der Waals surface area contributed by atoms with Gasteiger partial charge in [-0.2, -0.15) is 0 Å². The Balaban J connectivity index is 1.82. The Morgan fingerprint density at radius 3 is 2.95 bits per heavy atom. The average Bonchev–Trinajstić information content (AvgIpc) is 2.81. The number of hydrogen-bond acceptors (Lipinski definition) is 3. The maximum absolute atomic E-state index is 9.52. The lowest BCUT2D eigenvalue weighted by atomic mass is 10.1. The van der Waals surface area contributed by atoms with Gasteiger partial charge in [0.05, 0.1) is 6.04 Å². The fourth-order valence-corrected chi connectivity index (χ4v) is 3.13. The van der Waals surface area contributed by atoms with E-state index in [0.717, 1.165) is 18.5 Å². The topological polar surface area (TPSA) is 32.3 Å². The highest BCUT2D eigenvalue weighted by molar-refractivity contribution is 7.98. The van der Waals surface area contributed by atoms with Crippen LogP contribution in [0.5, 0.6) is 5.75 Å². The monoisotopic (exact) mass is 271 g/mol. The van der Waals surface area contributed by atoms with E-state index in [1.807, 2.05) is 12.1 Å². The summed E-state index contributed by atoms with van der Waals surface area (Å²) >= 11 is 1.76. The average molecular weight is 271 g/mol. The molecule has 3 heteroatoms. The van der Waals surface area contributed by atoms with Crippen LogP contribution in [0.15, 0.2) is 47.4 Å². The van der Waals surface area contributed by atoms with Crippen LogP contribution < -0.4 is 5.32 Å². The van der Waals surface area contributed by atoms with Crippen LogP contribution in [-0.4, -0.2) is 11.4 Å². The Morgan fingerprint density at radius 1 is 1.21 bits per heavy atom. The summed E-state index contributed by atoms with van der Waals surface area (Å²) in [4.78, 5) is 1.27. The standard InChI is InChI=1S/C16H17NOS/c1-19-14-4-2-3-12(10-14)17-16-8-5-11-9-13(18)6-7-15(11)16/h2-4,6-7,9-10,16-18H,5,8H2,1H3. The summed E-state index contributed by atoms with van der Waals surface area (Å²) in [6.45, 7) is 0. The minimum absolute atomic E-state index is 0.354. The largest absolute Gasteiger partial charge is 0.508 e. The molecule has 2 N–H and O–H groups in total. The van der Waals surface area contributed by atoms with Gasteiger partial charge in [0.15, 0.2) is 0 Å². The number of thioether (sulfide) groups is 1. The van der Waals surface area contributed by atoms with Crippen LogP contribution in [0.3, 0.4) is 0 Å². The van der Waals surface area contributed by atoms with Gasteiger partial charge in [-0.1, -0.05) is 12.1 Å². The van der Waals surface area contributed by atoms with Crippen molar-refractivity contribution in [2.75, 3.05) is 11.6 Å². The van der Waals surface area contributed by atoms with Gasteiger partial charge in [-0.25, -0.2) is 0 Å². The molecule has 0 fully saturated rings. The molecule has 0 amide bonds. The first-order valence-electron chi connectivity index (χ1n) is 6.48. The number of benzene rings is 2. The molecular weight excluding hydrogens is 254 g/mol. The van der Waals surface area contributed by atoms with Crippen LogP contribution in [0.1, 0.15) is 23.6 Å². The molecule has 98 valence electrons. The molecule has 2 aromatic carbocycles. The minimum atomic E-state index is 0.354. The molecule has 0 spiro atoms. The third-order valence-corrected chi connectivity index (χ3v) is 4.34. The molecule has 1 aliphatic carbocycles. The van der Waals surface area contributed by atoms with E-state index in [1.54, 1.807) is 17.8 Å². The summed E-state index contributed by atoms with van der Waals surface area (Å²) in [5.74, 6) is 0.365. The molecule has 3 rings (SSSR count). The number of nitrogens with one attached hydrogen (secondary N) is 1. The van der Waals surface area contributed by atoms with Crippen molar-refractivity contribution >= 4 is 17.4 Å². The molecule has 2 nitrogen and oxygen atoms in total. The number of phenols is 1. The van der Waals surface area contributed by atoms with Crippen molar-refractivity contribution in [1.29, 1.82) is 0 Å². The molecular formula is C16H17NOS. The van der Waals surface area contributed by atoms with Crippen molar-refractivity contribution in [1.82, 2.24) is 0 Å². The third kappa shape index (κ3) is 2.56. The van der Waals surface area contributed by atoms with E-state index in [9.17, 15) is 5.11 Å². The third-order valence-electron chi connectivity index (χ3n) is 3.61. The van der Waals surface area contributed by atoms with E-state index in [4.69, 9.17) is 0 Å². The number of fused-ring (bicyclic) bond motifs is 1. The van der Waals surface area contributed by atoms with Crippen LogP contribution >= 0.6 is 11.8 Å². The number of anilines is 1. The van der Waals surface area contributed by atoms with Gasteiger partial charge in [0, 0.05) is 10.6 Å². The second kappa shape index (κ2) is 5.17. The highest BCUT2D eigenvalue weighted by atomic mass is 32.2. The van der Waals surface area contributed by atoms with Crippen molar-refractivity contribution in [3.63, 3.8) is 0 Å². The minimum Gasteiger partial charge on any atom is -0.508 e. The summed E-state index contributed by atoms with van der Waals surface area (Å²) in [7, 11) is 0. The smallest absolute Gasteiger partial charge is 0.115 e. The Hall–Kier alpha value is -1.61. The van der Waals surface area contributed by atoms with Gasteiger partial charge in [-0.05, 0) is 60.6 Å². The Morgan fingerprint density at radius 2 is 2.11 bits per heavy atom. The van der Waals surface area contributed by atoms with E-state index in [-0.39, 0.29) is 0 Å². The second-order valence-corrected chi connectivity index (χ2v) is 5.73. The van der Waals surface area contributed by atoms with Gasteiger partial charge in [-0.3, -0.25) is 0 Å². The number of aryl methyl sites for hydroxylation is 1. The first-order valence-corrected chi connectivity index (χ1v) is 7.71. The molecule has 0 bridgehead atoms. The number of phenolic OH excluding ortho intramolecular Hbond substituents is 1. The summed E-state index contributed by atoms with van der Waals surface area (Å²) in [5.41, 5.74) is 3.74. The van der Waals surface area contributed by atoms with Crippen LogP contribution in [0.2, 0.25) is 0 Å². The molecule has 1 unspecified atom stereocenters. The molecule has 0 heterocycles. The van der Waals surface area contributed by atoms with Gasteiger partial charge in [0.1, 0.15) is 5.75 Å². The summed E-state index contributed by atoms with van der Waals surface area (Å²) in [5, 5.41) is 13.1. The van der Waals surface area contributed by atoms with Gasteiger partial charge >= 0.3 is 0 Å². The van der Waals surface area contributed by atoms with Gasteiger partial charge < -0.3 is 10.4 Å². The molecule has 1 aliphatic rings. The molecule has 2 aromatic rings. The van der Waals surface area contributed by atoms with E-state index in [0.29, 0.717) is 11.8 Å². The highest BCUT2D eigenvalue weighted by Crippen LogP contribution is 2.36. The van der Waals surface area contributed by atoms with Gasteiger partial charge in [0.25, 0.3) is 0 Å². The quantitative estimate of drug-likeness (QED) is 0.820. The molecule has 19 heavy (non-hydrogen) atoms. The molecule has 1 atom stereocenters. The SMILES string of the molecule is CSc1cccc(NC2CCc3cc(O)ccc32)c1. The number of rotatable bonds is 3. The van der Waals surface area contributed by atoms with Gasteiger partial charge in [0.2, 0.25) is 0 Å². The first kappa shape index (κ1) is 12.4. The summed E-state index contributed by atoms with van der Waals surface area (Å²) in [6.07, 6.45) is 4.21. The first-order chi connectivity index (χ1) is 9.26. The maximum Gasteiger partial charge on any atom is 0.115 e. The lowest BCUT2D eigenvalue weighted by Gasteiger charge is -2.16. The van der Waals surface area contributed by atoms with Crippen molar-refractivity contribution < 1.29 is 5.11 Å². The van der Waals surface area contributed by atoms with Gasteiger partial charge in [-0.15, -0.1) is 11.8 Å². The lowest BCUT2D eigenvalue weighted by Crippen LogP contribution is -2.06. The summed E-state index contributed by atoms with van der Waals surface area (Å²) in [6, 6.07) is 14.5. The Kier molecular flexibility index (Phi) is 3.38. The maximum atomic E-state index is 9.52. The van der Waals surface area contributed by atoms with E-state index in [2.05, 4.69) is 35.8 Å². The number of hydrogen-bond donors (Lipinski definition) is 2. The fraction of sp³-hybridized carbons (Fsp3) is 0.250. The Labute approximate surface area is 117 Å². The molecule has 0 saturated heterocycles. The predicted molar refractivity (Wildman–Crippen MR) is 81.0 cm³/mol. The van der Waals surface area contributed by atoms with Crippen molar-refractivity contribution in [3.05, 3.63) is 53.6 Å². The molecule has 0 saturated carbocycles. The van der Waals surface area contributed by atoms with Crippen LogP contribution in [0.25, 0.3) is 0 Å². The zero-order valence-electron chi connectivity index (χ0n) is 10.9. The lowest BCUT2D eigenvalue weighted by molar-refractivity contribution is 0.474. The van der Waals surface area contributed by atoms with E-state index >= 15 is 0 Å². The van der Waals surface area contributed by atoms with Crippen LogP contribution in [-0.2, 0) is 6.42 Å². The second-order valence-electron chi connectivity index (χ2n) is 4.85. The van der Waals surface area contributed by atoms with Crippen molar-refractivity contribution in [2.24, 2.45) is 0 Å². The normalized spacial score (nSPS) is 17.2. The Bertz CT molecular complexity index is 597. The van der Waals surface area contributed by atoms with E-state index < -0.39 is 0 Å².